The molecule has 0 aliphatic carbocycles. The van der Waals surface area contributed by atoms with Crippen molar-refractivity contribution >= 4 is 64.2 Å². The molecule has 48 heavy (non-hydrogen) atoms. The molecule has 0 aliphatic rings. The first-order valence-electron chi connectivity index (χ1n) is 19.7. The highest BCUT2D eigenvalue weighted by Crippen LogP contribution is 2.42. The number of fused-ring (bicyclic) bond motifs is 8. The Bertz CT molecular complexity index is 3350. The van der Waals surface area contributed by atoms with E-state index in [1.807, 2.05) is 66.7 Å². The Morgan fingerprint density at radius 1 is 0.521 bits per heavy atom. The molecular formula is C43H25N3OS. The van der Waals surface area contributed by atoms with Crippen molar-refractivity contribution in [2.75, 3.05) is 0 Å². The fraction of sp³-hybridized carbons (Fsp3) is 0. The summed E-state index contributed by atoms with van der Waals surface area (Å²) >= 11 is 1.65. The second-order valence-corrected chi connectivity index (χ2v) is 12.4. The van der Waals surface area contributed by atoms with Gasteiger partial charge >= 0.3 is 0 Å². The van der Waals surface area contributed by atoms with Crippen LogP contribution >= 0.6 is 11.3 Å². The van der Waals surface area contributed by atoms with E-state index in [9.17, 15) is 1.37 Å². The monoisotopic (exact) mass is 640 g/mol. The number of aromatic nitrogens is 3. The first-order chi connectivity index (χ1) is 27.5. The lowest BCUT2D eigenvalue weighted by Crippen LogP contribution is -2.00. The van der Waals surface area contributed by atoms with E-state index in [1.54, 1.807) is 11.3 Å². The standard InChI is InChI=1S/C43H25N3OS/c1-3-10-26(11-4-1)31-16-9-17-37-39(31)34-22-19-30(25-38(34)48-37)43-45-41(28-13-5-2-6-14-28)44-42(46-43)29-20-23-36-35(24-29)33-21-18-27-12-7-8-15-32(27)40(33)47-36/h1-25H/i7D,8D,12D,15D,18D,20D,21D,23D,24D. The van der Waals surface area contributed by atoms with Crippen LogP contribution in [0.4, 0.5) is 0 Å². The minimum absolute atomic E-state index is 0.0539. The van der Waals surface area contributed by atoms with Crippen LogP contribution in [-0.4, -0.2) is 15.0 Å². The molecule has 10 aromatic rings. The summed E-state index contributed by atoms with van der Waals surface area (Å²) in [5.74, 6) is 0.500. The van der Waals surface area contributed by atoms with E-state index in [0.29, 0.717) is 11.1 Å². The van der Waals surface area contributed by atoms with Gasteiger partial charge < -0.3 is 4.42 Å². The van der Waals surface area contributed by atoms with Crippen molar-refractivity contribution in [2.24, 2.45) is 0 Å². The number of thiophene rings is 1. The van der Waals surface area contributed by atoms with E-state index in [-0.39, 0.29) is 61.8 Å². The van der Waals surface area contributed by atoms with Crippen molar-refractivity contribution in [3.8, 4) is 45.3 Å². The summed E-state index contributed by atoms with van der Waals surface area (Å²) in [5.41, 5.74) is 3.06. The molecule has 0 radical (unpaired) electrons. The molecular weight excluding hydrogens is 607 g/mol. The topological polar surface area (TPSA) is 51.8 Å². The second-order valence-electron chi connectivity index (χ2n) is 11.3. The van der Waals surface area contributed by atoms with Crippen LogP contribution in [0.25, 0.3) is 98.2 Å². The second kappa shape index (κ2) is 10.7. The van der Waals surface area contributed by atoms with Gasteiger partial charge in [0.2, 0.25) is 0 Å². The van der Waals surface area contributed by atoms with Gasteiger partial charge in [-0.05, 0) is 52.8 Å². The third-order valence-electron chi connectivity index (χ3n) is 8.42. The average molecular weight is 641 g/mol. The third-order valence-corrected chi connectivity index (χ3v) is 9.54. The summed E-state index contributed by atoms with van der Waals surface area (Å²) in [6, 6.07) is 27.6. The van der Waals surface area contributed by atoms with Gasteiger partial charge in [0.15, 0.2) is 17.5 Å². The van der Waals surface area contributed by atoms with Crippen molar-refractivity contribution in [1.82, 2.24) is 15.0 Å². The van der Waals surface area contributed by atoms with Crippen molar-refractivity contribution < 1.29 is 16.8 Å². The molecule has 0 bridgehead atoms. The van der Waals surface area contributed by atoms with Crippen LogP contribution in [0.5, 0.6) is 0 Å². The molecule has 3 aromatic heterocycles. The molecule has 5 heteroatoms. The van der Waals surface area contributed by atoms with Gasteiger partial charge in [0.25, 0.3) is 0 Å². The molecule has 0 unspecified atom stereocenters. The van der Waals surface area contributed by atoms with Gasteiger partial charge in [-0.3, -0.25) is 0 Å². The molecule has 0 amide bonds. The van der Waals surface area contributed by atoms with E-state index in [1.165, 1.54) is 0 Å². The molecule has 224 valence electrons. The molecule has 0 aliphatic heterocycles. The number of benzene rings is 7. The molecule has 7 aromatic carbocycles. The zero-order chi connectivity index (χ0) is 39.4. The van der Waals surface area contributed by atoms with E-state index in [2.05, 4.69) is 30.3 Å². The first kappa shape index (κ1) is 19.5. The van der Waals surface area contributed by atoms with Gasteiger partial charge in [-0.25, -0.2) is 15.0 Å². The molecule has 3 heterocycles. The smallest absolute Gasteiger partial charge is 0.164 e. The summed E-state index contributed by atoms with van der Waals surface area (Å²) in [7, 11) is 0. The zero-order valence-corrected chi connectivity index (χ0v) is 25.7. The molecule has 0 N–H and O–H groups in total. The zero-order valence-electron chi connectivity index (χ0n) is 33.9. The summed E-state index contributed by atoms with van der Waals surface area (Å²) in [6.07, 6.45) is 0. The van der Waals surface area contributed by atoms with Gasteiger partial charge in [0.05, 0.1) is 12.3 Å². The Balaban J connectivity index is 1.23. The van der Waals surface area contributed by atoms with Crippen LogP contribution < -0.4 is 0 Å². The summed E-state index contributed by atoms with van der Waals surface area (Å²) in [5, 5.41) is 1.75. The summed E-state index contributed by atoms with van der Waals surface area (Å²) in [6.45, 7) is 0. The van der Waals surface area contributed by atoms with Crippen LogP contribution in [-0.2, 0) is 0 Å². The van der Waals surface area contributed by atoms with Gasteiger partial charge in [-0.2, -0.15) is 0 Å². The third kappa shape index (κ3) is 4.33. The molecule has 0 fully saturated rings. The van der Waals surface area contributed by atoms with Crippen molar-refractivity contribution in [2.45, 2.75) is 0 Å². The summed E-state index contributed by atoms with van der Waals surface area (Å²) in [4.78, 5) is 14.5. The minimum atomic E-state index is -0.558. The number of nitrogens with zero attached hydrogens (tertiary/aromatic N) is 3. The largest absolute Gasteiger partial charge is 0.455 e. The van der Waals surface area contributed by atoms with E-state index in [0.717, 1.165) is 31.3 Å². The number of rotatable bonds is 4. The van der Waals surface area contributed by atoms with E-state index >= 15 is 0 Å². The van der Waals surface area contributed by atoms with Crippen LogP contribution in [0.3, 0.4) is 0 Å². The molecule has 0 atom stereocenters. The Hall–Kier alpha value is -6.17. The SMILES string of the molecule is [2H]c1c(-c2nc(-c3ccccc3)nc(-c3ccc4c(c3)sc3cccc(-c5ccccc5)c34)n2)c([2H])c2c(oc3c4c([2H])c([2H])c([2H])c([2H])c4c([2H])c([2H])c32)c1[2H]. The maximum atomic E-state index is 9.51. The maximum absolute atomic E-state index is 9.51. The van der Waals surface area contributed by atoms with Crippen molar-refractivity contribution in [3.63, 3.8) is 0 Å². The van der Waals surface area contributed by atoms with Gasteiger partial charge in [0, 0.05) is 53.0 Å². The van der Waals surface area contributed by atoms with Crippen LogP contribution in [0, 0.1) is 0 Å². The van der Waals surface area contributed by atoms with E-state index in [4.69, 9.17) is 30.3 Å². The maximum Gasteiger partial charge on any atom is 0.164 e. The Morgan fingerprint density at radius 3 is 2.10 bits per heavy atom. The van der Waals surface area contributed by atoms with Gasteiger partial charge in [-0.15, -0.1) is 11.3 Å². The molecule has 0 saturated carbocycles. The lowest BCUT2D eigenvalue weighted by Gasteiger charge is -2.09. The fourth-order valence-corrected chi connectivity index (χ4v) is 7.35. The van der Waals surface area contributed by atoms with Gasteiger partial charge in [0.1, 0.15) is 11.2 Å². The molecule has 10 rings (SSSR count). The molecule has 4 nitrogen and oxygen atoms in total. The number of hydrogen-bond donors (Lipinski definition) is 0. The highest BCUT2D eigenvalue weighted by molar-refractivity contribution is 7.26. The molecule has 0 spiro atoms. The van der Waals surface area contributed by atoms with Crippen LogP contribution in [0.2, 0.25) is 0 Å². The highest BCUT2D eigenvalue weighted by Gasteiger charge is 2.17. The Morgan fingerprint density at radius 2 is 1.27 bits per heavy atom. The predicted octanol–water partition coefficient (Wildman–Crippen LogP) is 12.0. The quantitative estimate of drug-likeness (QED) is 0.192. The van der Waals surface area contributed by atoms with Crippen molar-refractivity contribution in [3.05, 3.63) is 151 Å². The summed E-state index contributed by atoms with van der Waals surface area (Å²) < 4.78 is 87.4. The van der Waals surface area contributed by atoms with E-state index < -0.39 is 48.3 Å². The lowest BCUT2D eigenvalue weighted by molar-refractivity contribution is 0.672. The van der Waals surface area contributed by atoms with Gasteiger partial charge in [-0.1, -0.05) is 115 Å². The Labute approximate surface area is 292 Å². The lowest BCUT2D eigenvalue weighted by atomic mass is 9.99. The Kier molecular flexibility index (Phi) is 4.34. The first-order valence-corrected chi connectivity index (χ1v) is 16.0. The minimum Gasteiger partial charge on any atom is -0.455 e. The van der Waals surface area contributed by atoms with Crippen LogP contribution in [0.1, 0.15) is 12.3 Å². The fourth-order valence-electron chi connectivity index (χ4n) is 6.18. The van der Waals surface area contributed by atoms with Crippen molar-refractivity contribution in [1.29, 1.82) is 0 Å². The average Bonchev–Trinajstić information content (AvgIpc) is 3.83. The number of hydrogen-bond acceptors (Lipinski definition) is 5. The number of furan rings is 1. The predicted molar refractivity (Wildman–Crippen MR) is 199 cm³/mol. The normalized spacial score (nSPS) is 14.4. The highest BCUT2D eigenvalue weighted by atomic mass is 32.1. The molecule has 0 saturated heterocycles. The van der Waals surface area contributed by atoms with Crippen LogP contribution in [0.15, 0.2) is 156 Å².